The largest absolute Gasteiger partial charge is 0.491 e. The van der Waals surface area contributed by atoms with Crippen molar-refractivity contribution in [3.63, 3.8) is 0 Å². The molecular formula is C18H19Cl2N5O2S. The van der Waals surface area contributed by atoms with E-state index in [0.717, 1.165) is 12.1 Å². The fourth-order valence-corrected chi connectivity index (χ4v) is 3.90. The predicted molar refractivity (Wildman–Crippen MR) is 115 cm³/mol. The van der Waals surface area contributed by atoms with E-state index in [9.17, 15) is 4.79 Å². The molecule has 3 N–H and O–H groups in total. The number of nitrogen functional groups attached to an aromatic ring is 1. The van der Waals surface area contributed by atoms with Gasteiger partial charge in [-0.2, -0.15) is 0 Å². The number of thiophene rings is 1. The molecule has 0 saturated carbocycles. The number of ether oxygens (including phenoxy) is 1. The molecule has 0 fully saturated rings. The number of rotatable bonds is 6. The van der Waals surface area contributed by atoms with E-state index in [1.54, 1.807) is 11.4 Å². The van der Waals surface area contributed by atoms with Crippen LogP contribution in [0, 0.1) is 6.92 Å². The Kier molecular flexibility index (Phi) is 6.24. The Morgan fingerprint density at radius 2 is 2.07 bits per heavy atom. The van der Waals surface area contributed by atoms with Crippen molar-refractivity contribution in [3.8, 4) is 5.75 Å². The lowest BCUT2D eigenvalue weighted by Crippen LogP contribution is -2.19. The summed E-state index contributed by atoms with van der Waals surface area (Å²) in [5.74, 6) is 0.401. The van der Waals surface area contributed by atoms with Crippen molar-refractivity contribution in [2.75, 3.05) is 38.3 Å². The second-order valence-corrected chi connectivity index (χ2v) is 8.02. The number of hydrogen-bond donors (Lipinski definition) is 2. The number of aryl methyl sites for hydroxylation is 1. The number of anilines is 2. The van der Waals surface area contributed by atoms with E-state index in [4.69, 9.17) is 33.7 Å². The zero-order valence-corrected chi connectivity index (χ0v) is 17.9. The third-order valence-corrected chi connectivity index (χ3v) is 5.86. The molecule has 0 aliphatic heterocycles. The molecular weight excluding hydrogens is 421 g/mol. The number of benzene rings is 1. The van der Waals surface area contributed by atoms with E-state index < -0.39 is 5.91 Å². The Morgan fingerprint density at radius 1 is 1.32 bits per heavy atom. The third-order valence-electron chi connectivity index (χ3n) is 4.01. The van der Waals surface area contributed by atoms with Gasteiger partial charge in [-0.3, -0.25) is 4.79 Å². The lowest BCUT2D eigenvalue weighted by Gasteiger charge is -2.17. The van der Waals surface area contributed by atoms with Crippen molar-refractivity contribution in [1.82, 2.24) is 14.9 Å². The van der Waals surface area contributed by atoms with Crippen LogP contribution >= 0.6 is 34.5 Å². The van der Waals surface area contributed by atoms with Crippen LogP contribution < -0.4 is 15.8 Å². The van der Waals surface area contributed by atoms with Gasteiger partial charge in [0.05, 0.1) is 26.5 Å². The Morgan fingerprint density at radius 3 is 2.79 bits per heavy atom. The molecule has 0 saturated heterocycles. The van der Waals surface area contributed by atoms with Gasteiger partial charge >= 0.3 is 0 Å². The molecule has 3 aromatic rings. The summed E-state index contributed by atoms with van der Waals surface area (Å²) >= 11 is 14.2. The Labute approximate surface area is 176 Å². The first-order valence-electron chi connectivity index (χ1n) is 8.34. The maximum absolute atomic E-state index is 12.9. The van der Waals surface area contributed by atoms with Crippen LogP contribution in [0.15, 0.2) is 17.8 Å². The Hall–Kier alpha value is -2.13. The van der Waals surface area contributed by atoms with Gasteiger partial charge < -0.3 is 20.7 Å². The van der Waals surface area contributed by atoms with Gasteiger partial charge in [0.2, 0.25) is 0 Å². The van der Waals surface area contributed by atoms with Crippen molar-refractivity contribution in [2.24, 2.45) is 0 Å². The Bertz CT molecular complexity index is 1040. The summed E-state index contributed by atoms with van der Waals surface area (Å²) in [5, 5.41) is 5.06. The molecule has 0 unspecified atom stereocenters. The van der Waals surface area contributed by atoms with Crippen molar-refractivity contribution in [2.45, 2.75) is 6.92 Å². The molecule has 0 aliphatic carbocycles. The summed E-state index contributed by atoms with van der Waals surface area (Å²) in [7, 11) is 3.90. The summed E-state index contributed by atoms with van der Waals surface area (Å²) in [4.78, 5) is 23.0. The number of aromatic nitrogens is 2. The van der Waals surface area contributed by atoms with E-state index in [1.807, 2.05) is 25.9 Å². The third kappa shape index (κ3) is 4.15. The average molecular weight is 440 g/mol. The fourth-order valence-electron chi connectivity index (χ4n) is 2.50. The number of amides is 1. The first kappa shape index (κ1) is 20.6. The zero-order chi connectivity index (χ0) is 20.4. The van der Waals surface area contributed by atoms with E-state index in [2.05, 4.69) is 15.3 Å². The van der Waals surface area contributed by atoms with E-state index in [1.165, 1.54) is 17.7 Å². The monoisotopic (exact) mass is 439 g/mol. The molecule has 0 atom stereocenters. The number of nitrogens with zero attached hydrogens (tertiary/aromatic N) is 3. The molecule has 1 amide bonds. The molecule has 148 valence electrons. The number of nitrogens with one attached hydrogen (secondary N) is 1. The van der Waals surface area contributed by atoms with Gasteiger partial charge in [0, 0.05) is 11.9 Å². The second-order valence-electron chi connectivity index (χ2n) is 6.39. The Balaban J connectivity index is 1.91. The molecule has 3 rings (SSSR count). The number of likely N-dealkylation sites (N-methyl/N-ethyl adjacent to an activating group) is 1. The predicted octanol–water partition coefficient (Wildman–Crippen LogP) is 4.08. The molecule has 0 spiro atoms. The van der Waals surface area contributed by atoms with Gasteiger partial charge in [0.25, 0.3) is 5.91 Å². The fraction of sp³-hybridized carbons (Fsp3) is 0.278. The minimum atomic E-state index is -0.391. The highest BCUT2D eigenvalue weighted by Crippen LogP contribution is 2.41. The van der Waals surface area contributed by atoms with Crippen LogP contribution in [0.4, 0.5) is 11.5 Å². The maximum atomic E-state index is 12.9. The summed E-state index contributed by atoms with van der Waals surface area (Å²) in [5.41, 5.74) is 7.74. The number of carbonyl (C=O) groups is 1. The topological polar surface area (TPSA) is 93.4 Å². The second kappa shape index (κ2) is 8.48. The molecule has 0 bridgehead atoms. The molecule has 2 aromatic heterocycles. The van der Waals surface area contributed by atoms with Gasteiger partial charge in [-0.05, 0) is 32.6 Å². The summed E-state index contributed by atoms with van der Waals surface area (Å²) in [6.07, 6.45) is 1.32. The molecule has 0 radical (unpaired) electrons. The molecule has 10 heteroatoms. The number of hydrogen-bond acceptors (Lipinski definition) is 7. The lowest BCUT2D eigenvalue weighted by atomic mass is 10.2. The zero-order valence-electron chi connectivity index (χ0n) is 15.5. The first-order valence-corrected chi connectivity index (χ1v) is 9.98. The van der Waals surface area contributed by atoms with Crippen LogP contribution in [0.3, 0.4) is 0 Å². The van der Waals surface area contributed by atoms with Gasteiger partial charge in [0.1, 0.15) is 29.5 Å². The van der Waals surface area contributed by atoms with Crippen LogP contribution in [0.25, 0.3) is 10.2 Å². The summed E-state index contributed by atoms with van der Waals surface area (Å²) in [6.45, 7) is 3.00. The van der Waals surface area contributed by atoms with Crippen LogP contribution in [-0.4, -0.2) is 48.0 Å². The van der Waals surface area contributed by atoms with Gasteiger partial charge in [-0.25, -0.2) is 9.97 Å². The van der Waals surface area contributed by atoms with E-state index >= 15 is 0 Å². The highest BCUT2D eigenvalue weighted by molar-refractivity contribution is 7.18. The normalized spacial score (nSPS) is 11.2. The van der Waals surface area contributed by atoms with Crippen LogP contribution in [-0.2, 0) is 0 Å². The molecule has 1 aromatic carbocycles. The summed E-state index contributed by atoms with van der Waals surface area (Å²) in [6, 6.07) is 1.75. The standard InChI is InChI=1S/C18H19Cl2N5O2S/c1-9-6-11(27-5-4-25(2)3)13(20)15(12(9)19)24-18(26)10-7-28-16-14(10)22-8-23-17(16)21/h6-8H,4-5H2,1-3H3,(H,24,26)(H2,21,22,23). The van der Waals surface area contributed by atoms with E-state index in [0.29, 0.717) is 44.7 Å². The van der Waals surface area contributed by atoms with Crippen LogP contribution in [0.1, 0.15) is 15.9 Å². The number of carbonyl (C=O) groups excluding carboxylic acids is 1. The molecule has 0 aliphatic rings. The highest BCUT2D eigenvalue weighted by atomic mass is 35.5. The minimum Gasteiger partial charge on any atom is -0.491 e. The number of nitrogens with two attached hydrogens (primary N) is 1. The SMILES string of the molecule is Cc1cc(OCCN(C)C)c(Cl)c(NC(=O)c2csc3c(N)ncnc23)c1Cl. The van der Waals surface area contributed by atoms with Crippen LogP contribution in [0.5, 0.6) is 5.75 Å². The smallest absolute Gasteiger partial charge is 0.258 e. The number of halogens is 2. The van der Waals surface area contributed by atoms with Crippen LogP contribution in [0.2, 0.25) is 10.0 Å². The van der Waals surface area contributed by atoms with Gasteiger partial charge in [0.15, 0.2) is 0 Å². The van der Waals surface area contributed by atoms with Crippen molar-refractivity contribution in [3.05, 3.63) is 38.9 Å². The average Bonchev–Trinajstić information content (AvgIpc) is 3.08. The van der Waals surface area contributed by atoms with Crippen molar-refractivity contribution < 1.29 is 9.53 Å². The van der Waals surface area contributed by atoms with E-state index in [-0.39, 0.29) is 5.02 Å². The molecule has 28 heavy (non-hydrogen) atoms. The van der Waals surface area contributed by atoms with Gasteiger partial charge in [-0.15, -0.1) is 11.3 Å². The molecule has 7 nitrogen and oxygen atoms in total. The lowest BCUT2D eigenvalue weighted by molar-refractivity contribution is 0.102. The minimum absolute atomic E-state index is 0.247. The quantitative estimate of drug-likeness (QED) is 0.600. The van der Waals surface area contributed by atoms with Crippen molar-refractivity contribution >= 4 is 62.2 Å². The highest BCUT2D eigenvalue weighted by Gasteiger charge is 2.21. The van der Waals surface area contributed by atoms with Gasteiger partial charge in [-0.1, -0.05) is 23.2 Å². The van der Waals surface area contributed by atoms with Crippen molar-refractivity contribution in [1.29, 1.82) is 0 Å². The number of fused-ring (bicyclic) bond motifs is 1. The summed E-state index contributed by atoms with van der Waals surface area (Å²) < 4.78 is 6.42. The first-order chi connectivity index (χ1) is 13.3. The maximum Gasteiger partial charge on any atom is 0.258 e. The molecule has 2 heterocycles.